The number of alkyl halides is 12. The van der Waals surface area contributed by atoms with Crippen molar-refractivity contribution in [1.29, 1.82) is 0 Å². The molecule has 0 aliphatic heterocycles. The van der Waals surface area contributed by atoms with E-state index in [0.29, 0.717) is 26.4 Å². The molecule has 0 spiro atoms. The maximum Gasteiger partial charge on any atom is 0.416 e. The number of halogens is 28. The second-order valence-electron chi connectivity index (χ2n) is 19.6. The maximum absolute atomic E-state index is 16.0. The number of rotatable bonds is 17. The van der Waals surface area contributed by atoms with Crippen molar-refractivity contribution in [2.24, 2.45) is 0 Å². The quantitative estimate of drug-likeness (QED) is 0.0227. The highest BCUT2D eigenvalue weighted by atomic mass is 32.2. The summed E-state index contributed by atoms with van der Waals surface area (Å²) in [6.07, 6.45) is -39.5. The first-order chi connectivity index (χ1) is 44.9. The molecule has 9 aromatic rings. The first-order valence-corrected chi connectivity index (χ1v) is 27.6. The van der Waals surface area contributed by atoms with E-state index in [2.05, 4.69) is 48.5 Å². The molecule has 0 amide bonds. The van der Waals surface area contributed by atoms with Crippen molar-refractivity contribution in [1.82, 2.24) is 0 Å². The van der Waals surface area contributed by atoms with Crippen LogP contribution in [0.3, 0.4) is 0 Å². The second-order valence-corrected chi connectivity index (χ2v) is 21.5. The van der Waals surface area contributed by atoms with Gasteiger partial charge in [-0.05, 0) is 60.7 Å². The molecule has 0 bridgehead atoms. The summed E-state index contributed by atoms with van der Waals surface area (Å²) in [4.78, 5) is 3.38. The Morgan fingerprint density at radius 2 is 0.469 bits per heavy atom. The monoisotopic (exact) mass is 1410 g/mol. The topological polar surface area (TPSA) is 36.9 Å². The SMILES string of the molecule is Fc1c(F)c(F)c(C(F)(F)F)c([B-](c2c(F)c(F)c(F)c(F)c2C(F)(F)F)(c2c(F)c(F)c(F)c(F)c2C(F)(F)F)c2c(F)c(F)c(F)c(F)c2C(F)(F)F)c1F.c1ccc(OCCOc2ccccc2[S+](c2ccccc2)c2ccccc2OCCOc2ccccc2)cc1. The van der Waals surface area contributed by atoms with Gasteiger partial charge in [-0.3, -0.25) is 0 Å². The number of para-hydroxylation sites is 4. The van der Waals surface area contributed by atoms with Crippen LogP contribution in [0.15, 0.2) is 154 Å². The summed E-state index contributed by atoms with van der Waals surface area (Å²) in [6, 6.07) is 46.6. The minimum absolute atomic E-state index is 0.437. The fraction of sp³-hybridized carbons (Fsp3) is 0.129. The number of hydrogen-bond acceptors (Lipinski definition) is 4. The van der Waals surface area contributed by atoms with Gasteiger partial charge in [0.05, 0.1) is 22.3 Å². The number of hydrogen-bond donors (Lipinski definition) is 0. The third kappa shape index (κ3) is 13.9. The molecule has 0 aliphatic carbocycles. The summed E-state index contributed by atoms with van der Waals surface area (Å²) in [6.45, 7) is 1.79. The van der Waals surface area contributed by atoms with E-state index in [1.165, 1.54) is 4.90 Å². The van der Waals surface area contributed by atoms with Crippen LogP contribution in [0.1, 0.15) is 22.3 Å². The second kappa shape index (κ2) is 28.1. The van der Waals surface area contributed by atoms with Gasteiger partial charge in [0, 0.05) is 0 Å². The highest BCUT2D eigenvalue weighted by Gasteiger charge is 2.60. The molecule has 0 radical (unpaired) electrons. The Labute approximate surface area is 523 Å². The molecule has 4 nitrogen and oxygen atoms in total. The normalized spacial score (nSPS) is 12.2. The van der Waals surface area contributed by atoms with Gasteiger partial charge in [0.25, 0.3) is 0 Å². The Hall–Kier alpha value is -9.37. The molecule has 0 saturated heterocycles. The van der Waals surface area contributed by atoms with Gasteiger partial charge in [0.2, 0.25) is 9.79 Å². The lowest BCUT2D eigenvalue weighted by atomic mass is 9.11. The molecule has 9 aromatic carbocycles. The van der Waals surface area contributed by atoms with E-state index in [1.807, 2.05) is 91.0 Å². The van der Waals surface area contributed by atoms with Gasteiger partial charge in [-0.1, -0.05) is 78.9 Å². The lowest BCUT2D eigenvalue weighted by molar-refractivity contribution is -0.140. The van der Waals surface area contributed by atoms with Crippen molar-refractivity contribution in [3.05, 3.63) is 255 Å². The average molecular weight is 1410 g/mol. The summed E-state index contributed by atoms with van der Waals surface area (Å²) in [5.74, 6) is -66.4. The van der Waals surface area contributed by atoms with Crippen molar-refractivity contribution in [2.45, 2.75) is 39.4 Å². The minimum Gasteiger partial charge on any atom is -0.490 e. The Balaban J connectivity index is 0.000000262. The summed E-state index contributed by atoms with van der Waals surface area (Å²) in [7, 11) is -0.452. The standard InChI is InChI=1S/C34H31O4S.C28BF28/c1-4-14-28(15-5-1)35-24-26-37-31-20-10-12-22-33(31)39(30-18-8-3-9-19-30)34-23-13-11-21-32(34)38-27-25-36-29-16-6-2-7-17-29;30-9-1(25(46,47)48)5(13(34)21(42)17(9)38)29(6-2(26(49,50)51)10(31)18(39)22(43)14(6)35,7-3(27(52,53)54)11(32)19(40)23(44)15(7)36)8-4(28(55,56)57)12(33)20(41)24(45)16(8)37/h1-23H,24-27H2;/q+1;-1. The van der Waals surface area contributed by atoms with Crippen LogP contribution in [0, 0.1) is 93.1 Å². The maximum atomic E-state index is 16.0. The van der Waals surface area contributed by atoms with Gasteiger partial charge in [0.1, 0.15) is 78.2 Å². The summed E-state index contributed by atoms with van der Waals surface area (Å²) < 4.78 is 442. The van der Waals surface area contributed by atoms with Gasteiger partial charge in [-0.15, -0.1) is 21.9 Å². The first kappa shape index (κ1) is 72.5. The van der Waals surface area contributed by atoms with Gasteiger partial charge < -0.3 is 18.9 Å². The van der Waals surface area contributed by atoms with Gasteiger partial charge in [0.15, 0.2) is 86.2 Å². The smallest absolute Gasteiger partial charge is 0.416 e. The third-order valence-corrected chi connectivity index (χ3v) is 16.2. The Bertz CT molecular complexity index is 3920. The summed E-state index contributed by atoms with van der Waals surface area (Å²) in [5, 5.41) is 0. The van der Waals surface area contributed by atoms with Crippen LogP contribution in [0.25, 0.3) is 0 Å². The Kier molecular flexibility index (Phi) is 21.2. The van der Waals surface area contributed by atoms with Crippen LogP contribution in [-0.2, 0) is 35.6 Å². The lowest BCUT2D eigenvalue weighted by Gasteiger charge is -2.49. The van der Waals surface area contributed by atoms with Crippen molar-refractivity contribution >= 4 is 38.9 Å². The van der Waals surface area contributed by atoms with E-state index in [1.54, 1.807) is 0 Å². The molecule has 34 heteroatoms. The Morgan fingerprint density at radius 3 is 0.729 bits per heavy atom. The highest BCUT2D eigenvalue weighted by molar-refractivity contribution is 7.97. The predicted octanol–water partition coefficient (Wildman–Crippen LogP) is 17.1. The van der Waals surface area contributed by atoms with Crippen LogP contribution in [0.5, 0.6) is 23.0 Å². The minimum atomic E-state index is -8.89. The molecule has 0 heterocycles. The van der Waals surface area contributed by atoms with Crippen LogP contribution >= 0.6 is 0 Å². The zero-order chi connectivity index (χ0) is 70.9. The Morgan fingerprint density at radius 1 is 0.250 bits per heavy atom. The van der Waals surface area contributed by atoms with Crippen molar-refractivity contribution < 1.29 is 142 Å². The van der Waals surface area contributed by atoms with Crippen LogP contribution in [-0.4, -0.2) is 32.6 Å². The number of benzene rings is 9. The molecule has 0 N–H and O–H groups in total. The van der Waals surface area contributed by atoms with E-state index in [-0.39, 0.29) is 0 Å². The number of ether oxygens (including phenoxy) is 4. The molecule has 96 heavy (non-hydrogen) atoms. The molecule has 9 rings (SSSR count). The molecule has 508 valence electrons. The molecular formula is C62H31BF28O4S. The predicted molar refractivity (Wildman–Crippen MR) is 286 cm³/mol. The largest absolute Gasteiger partial charge is 0.490 e. The molecule has 0 aromatic heterocycles. The van der Waals surface area contributed by atoms with Crippen LogP contribution in [0.4, 0.5) is 123 Å². The first-order valence-electron chi connectivity index (χ1n) is 26.4. The van der Waals surface area contributed by atoms with Gasteiger partial charge in [-0.25, -0.2) is 70.2 Å². The van der Waals surface area contributed by atoms with Crippen LogP contribution < -0.4 is 40.8 Å². The van der Waals surface area contributed by atoms with Crippen molar-refractivity contribution in [3.63, 3.8) is 0 Å². The van der Waals surface area contributed by atoms with Crippen LogP contribution in [0.2, 0.25) is 0 Å². The third-order valence-electron chi connectivity index (χ3n) is 13.9. The fourth-order valence-corrected chi connectivity index (χ4v) is 12.5. The molecule has 0 unspecified atom stereocenters. The van der Waals surface area contributed by atoms with E-state index in [4.69, 9.17) is 18.9 Å². The van der Waals surface area contributed by atoms with E-state index in [0.717, 1.165) is 32.8 Å². The molecule has 0 fully saturated rings. The fourth-order valence-electron chi connectivity index (χ4n) is 10.3. The average Bonchev–Trinajstić information content (AvgIpc) is 0.668. The van der Waals surface area contributed by atoms with E-state index in [9.17, 15) is 87.8 Å². The van der Waals surface area contributed by atoms with Gasteiger partial charge >= 0.3 is 24.7 Å². The highest BCUT2D eigenvalue weighted by Crippen LogP contribution is 2.45. The van der Waals surface area contributed by atoms with E-state index >= 15 is 35.1 Å². The molecule has 0 saturated carbocycles. The molecular weight excluding hydrogens is 1380 g/mol. The zero-order valence-electron chi connectivity index (χ0n) is 46.8. The van der Waals surface area contributed by atoms with Crippen molar-refractivity contribution in [3.8, 4) is 23.0 Å². The summed E-state index contributed by atoms with van der Waals surface area (Å²) in [5.41, 5.74) is -38.1. The van der Waals surface area contributed by atoms with Gasteiger partial charge in [-0.2, -0.15) is 52.7 Å². The molecule has 0 aliphatic rings. The van der Waals surface area contributed by atoms with E-state index < -0.39 is 179 Å². The molecule has 0 atom stereocenters. The lowest BCUT2D eigenvalue weighted by Crippen LogP contribution is -2.82. The summed E-state index contributed by atoms with van der Waals surface area (Å²) >= 11 is 0. The van der Waals surface area contributed by atoms with Crippen molar-refractivity contribution in [2.75, 3.05) is 26.4 Å². The zero-order valence-corrected chi connectivity index (χ0v) is 47.6.